The van der Waals surface area contributed by atoms with Crippen LogP contribution < -0.4 is 0 Å². The van der Waals surface area contributed by atoms with Crippen LogP contribution in [0.25, 0.3) is 0 Å². The molecule has 0 heterocycles. The first-order valence-corrected chi connectivity index (χ1v) is 34.8. The van der Waals surface area contributed by atoms with Gasteiger partial charge >= 0.3 is 17.9 Å². The lowest BCUT2D eigenvalue weighted by Crippen LogP contribution is -2.40. The van der Waals surface area contributed by atoms with Crippen molar-refractivity contribution in [2.75, 3.05) is 47.5 Å². The predicted molar refractivity (Wildman–Crippen MR) is 346 cm³/mol. The van der Waals surface area contributed by atoms with Crippen molar-refractivity contribution in [1.82, 2.24) is 0 Å². The van der Waals surface area contributed by atoms with Crippen molar-refractivity contribution in [2.45, 2.75) is 347 Å². The van der Waals surface area contributed by atoms with Crippen LogP contribution in [-0.4, -0.2) is 87.4 Å². The Hall–Kier alpha value is -2.75. The molecule has 0 aromatic heterocycles. The summed E-state index contributed by atoms with van der Waals surface area (Å²) in [5, 5.41) is 9.74. The lowest BCUT2D eigenvalue weighted by Gasteiger charge is -2.25. The molecule has 9 nitrogen and oxygen atoms in total. The van der Waals surface area contributed by atoms with Gasteiger partial charge < -0.3 is 28.5 Å². The van der Waals surface area contributed by atoms with Gasteiger partial charge in [-0.3, -0.25) is 9.59 Å². The van der Waals surface area contributed by atoms with Crippen LogP contribution in [0.1, 0.15) is 335 Å². The second-order valence-electron chi connectivity index (χ2n) is 24.8. The molecule has 0 amide bonds. The zero-order valence-corrected chi connectivity index (χ0v) is 54.2. The van der Waals surface area contributed by atoms with Gasteiger partial charge in [-0.1, -0.05) is 294 Å². The third-order valence-corrected chi connectivity index (χ3v) is 15.6. The van der Waals surface area contributed by atoms with Gasteiger partial charge in [-0.15, -0.1) is 0 Å². The molecule has 0 saturated heterocycles. The van der Waals surface area contributed by atoms with Gasteiger partial charge in [-0.05, 0) is 77.0 Å². The van der Waals surface area contributed by atoms with Gasteiger partial charge in [0.2, 0.25) is 0 Å². The van der Waals surface area contributed by atoms with Crippen molar-refractivity contribution < 1.29 is 42.9 Å². The molecule has 1 N–H and O–H groups in total. The van der Waals surface area contributed by atoms with Crippen molar-refractivity contribution in [3.8, 4) is 0 Å². The summed E-state index contributed by atoms with van der Waals surface area (Å²) in [7, 11) is 5.99. The van der Waals surface area contributed by atoms with E-state index in [4.69, 9.17) is 18.9 Å². The molecule has 0 aliphatic rings. The second kappa shape index (κ2) is 63.3. The molecule has 0 radical (unpaired) electrons. The number of nitrogens with zero attached hydrogens (tertiary/aromatic N) is 1. The van der Waals surface area contributed by atoms with Crippen LogP contribution in [0.5, 0.6) is 0 Å². The maximum Gasteiger partial charge on any atom is 0.361 e. The molecule has 2 atom stereocenters. The lowest BCUT2D eigenvalue weighted by atomic mass is 10.0. The lowest BCUT2D eigenvalue weighted by molar-refractivity contribution is -0.870. The first-order valence-electron chi connectivity index (χ1n) is 34.8. The predicted octanol–water partition coefficient (Wildman–Crippen LogP) is 21.4. The third kappa shape index (κ3) is 64.7. The van der Waals surface area contributed by atoms with E-state index in [0.29, 0.717) is 17.4 Å². The summed E-state index contributed by atoms with van der Waals surface area (Å²) in [6.07, 6.45) is 77.9. The highest BCUT2D eigenvalue weighted by Gasteiger charge is 2.25. The minimum atomic E-state index is -1.51. The summed E-state index contributed by atoms with van der Waals surface area (Å²) in [6.45, 7) is 4.92. The number of rotatable bonds is 65. The van der Waals surface area contributed by atoms with Crippen LogP contribution in [0.2, 0.25) is 0 Å². The highest BCUT2D eigenvalue weighted by atomic mass is 16.7. The van der Waals surface area contributed by atoms with Crippen LogP contribution in [-0.2, 0) is 33.3 Å². The second-order valence-corrected chi connectivity index (χ2v) is 24.8. The van der Waals surface area contributed by atoms with Gasteiger partial charge in [-0.25, -0.2) is 4.79 Å². The Morgan fingerprint density at radius 3 is 1.00 bits per heavy atom. The van der Waals surface area contributed by atoms with Gasteiger partial charge in [0.1, 0.15) is 13.2 Å². The van der Waals surface area contributed by atoms with E-state index in [9.17, 15) is 19.5 Å². The Kier molecular flexibility index (Phi) is 61.1. The van der Waals surface area contributed by atoms with Crippen molar-refractivity contribution in [3.05, 3.63) is 48.6 Å². The fourth-order valence-corrected chi connectivity index (χ4v) is 10.2. The number of ether oxygens (including phenoxy) is 4. The third-order valence-electron chi connectivity index (χ3n) is 15.6. The Morgan fingerprint density at radius 1 is 0.370 bits per heavy atom. The minimum Gasteiger partial charge on any atom is -0.477 e. The summed E-state index contributed by atoms with van der Waals surface area (Å²) >= 11 is 0. The average molecular weight is 1140 g/mol. The van der Waals surface area contributed by atoms with Gasteiger partial charge in [0, 0.05) is 12.8 Å². The average Bonchev–Trinajstić information content (AvgIpc) is 3.44. The number of aliphatic carboxylic acids is 1. The first-order chi connectivity index (χ1) is 39.6. The standard InChI is InChI=1S/C72H133NO8/c1-6-8-10-12-14-16-18-20-22-24-26-28-30-32-34-35-37-39-41-43-45-47-49-51-53-55-57-59-61-63-70(75)81-68(67-80-72(71(76)77)78-65-64-73(3,4)5)66-79-69(74)62-60-58-56-54-52-50-48-46-44-42-40-38-36-33-31-29-27-25-23-21-19-17-15-13-11-9-7-2/h18,20,24-27,30,32,68,72H,6-17,19,21-23,28-29,31,33-67H2,1-5H3/p+1/b20-18-,26-24-,27-25-,32-30-. The Labute approximate surface area is 502 Å². The van der Waals surface area contributed by atoms with E-state index in [2.05, 4.69) is 62.5 Å². The highest BCUT2D eigenvalue weighted by molar-refractivity contribution is 5.71. The van der Waals surface area contributed by atoms with Crippen molar-refractivity contribution in [3.63, 3.8) is 0 Å². The zero-order chi connectivity index (χ0) is 59.1. The highest BCUT2D eigenvalue weighted by Crippen LogP contribution is 2.18. The molecule has 0 aromatic rings. The molecule has 0 bridgehead atoms. The summed E-state index contributed by atoms with van der Waals surface area (Å²) in [5.41, 5.74) is 0. The topological polar surface area (TPSA) is 108 Å². The number of quaternary nitrogens is 1. The molecular weight excluding hydrogens is 1010 g/mol. The minimum absolute atomic E-state index is 0.179. The molecule has 0 spiro atoms. The first kappa shape index (κ1) is 78.2. The van der Waals surface area contributed by atoms with Crippen molar-refractivity contribution in [1.29, 1.82) is 0 Å². The molecular formula is C72H134NO8+. The normalized spacial score (nSPS) is 13.0. The van der Waals surface area contributed by atoms with E-state index < -0.39 is 18.4 Å². The van der Waals surface area contributed by atoms with Gasteiger partial charge in [-0.2, -0.15) is 0 Å². The van der Waals surface area contributed by atoms with Crippen LogP contribution in [0.4, 0.5) is 0 Å². The molecule has 0 rings (SSSR count). The number of carbonyl (C=O) groups is 3. The Balaban J connectivity index is 4.10. The Morgan fingerprint density at radius 2 is 0.667 bits per heavy atom. The maximum atomic E-state index is 12.9. The summed E-state index contributed by atoms with van der Waals surface area (Å²) in [5.74, 6) is -1.98. The van der Waals surface area contributed by atoms with E-state index in [1.807, 2.05) is 21.1 Å². The van der Waals surface area contributed by atoms with E-state index in [1.165, 1.54) is 257 Å². The summed E-state index contributed by atoms with van der Waals surface area (Å²) < 4.78 is 23.0. The molecule has 0 aliphatic heterocycles. The zero-order valence-electron chi connectivity index (χ0n) is 54.2. The molecule has 0 aromatic carbocycles. The quantitative estimate of drug-likeness (QED) is 0.0211. The molecule has 0 aliphatic carbocycles. The van der Waals surface area contributed by atoms with E-state index in [1.54, 1.807) is 0 Å². The summed E-state index contributed by atoms with van der Waals surface area (Å²) in [6, 6.07) is 0. The van der Waals surface area contributed by atoms with Crippen LogP contribution >= 0.6 is 0 Å². The molecule has 474 valence electrons. The number of hydrogen-bond acceptors (Lipinski definition) is 7. The number of carboxylic acid groups (broad SMARTS) is 1. The van der Waals surface area contributed by atoms with Crippen LogP contribution in [0, 0.1) is 0 Å². The van der Waals surface area contributed by atoms with E-state index >= 15 is 0 Å². The number of hydrogen-bond donors (Lipinski definition) is 1. The Bertz CT molecular complexity index is 1470. The van der Waals surface area contributed by atoms with Gasteiger partial charge in [0.25, 0.3) is 6.29 Å². The monoisotopic (exact) mass is 1140 g/mol. The summed E-state index contributed by atoms with van der Waals surface area (Å²) in [4.78, 5) is 37.6. The number of allylic oxidation sites excluding steroid dienone is 8. The molecule has 9 heteroatoms. The number of carboxylic acids is 1. The molecule has 81 heavy (non-hydrogen) atoms. The largest absolute Gasteiger partial charge is 0.477 e. The SMILES string of the molecule is CCCCCCC/C=C\C/C=C\C/C=C\CCCCCCCCCCCCCCCCC(=O)OC(COC(=O)CCCCCCCCCCCCCCCCC/C=C\CCCCCCCCCC)COC(OCC[N+](C)(C)C)C(=O)O. The van der Waals surface area contributed by atoms with Crippen molar-refractivity contribution >= 4 is 17.9 Å². The number of unbranched alkanes of at least 4 members (excludes halogenated alkanes) is 42. The molecule has 0 fully saturated rings. The molecule has 0 saturated carbocycles. The number of likely N-dealkylation sites (N-methyl/N-ethyl adjacent to an activating group) is 1. The van der Waals surface area contributed by atoms with E-state index in [-0.39, 0.29) is 38.2 Å². The van der Waals surface area contributed by atoms with E-state index in [0.717, 1.165) is 51.4 Å². The van der Waals surface area contributed by atoms with Crippen LogP contribution in [0.3, 0.4) is 0 Å². The fourth-order valence-electron chi connectivity index (χ4n) is 10.2. The maximum absolute atomic E-state index is 12.9. The van der Waals surface area contributed by atoms with Crippen molar-refractivity contribution in [2.24, 2.45) is 0 Å². The van der Waals surface area contributed by atoms with Gasteiger partial charge in [0.15, 0.2) is 6.10 Å². The smallest absolute Gasteiger partial charge is 0.361 e. The van der Waals surface area contributed by atoms with Gasteiger partial charge in [0.05, 0.1) is 34.4 Å². The fraction of sp³-hybridized carbons (Fsp3) is 0.847. The number of esters is 2. The molecule has 2 unspecified atom stereocenters. The van der Waals surface area contributed by atoms with Crippen LogP contribution in [0.15, 0.2) is 48.6 Å². The number of carbonyl (C=O) groups excluding carboxylic acids is 2.